The Morgan fingerprint density at radius 3 is 2.74 bits per heavy atom. The van der Waals surface area contributed by atoms with Crippen molar-refractivity contribution in [3.05, 3.63) is 53.7 Å². The summed E-state index contributed by atoms with van der Waals surface area (Å²) in [7, 11) is 0. The lowest BCUT2D eigenvalue weighted by molar-refractivity contribution is 0.813. The molecule has 1 heterocycles. The molecule has 4 heteroatoms. The van der Waals surface area contributed by atoms with Gasteiger partial charge in [-0.25, -0.2) is 4.98 Å². The molecule has 0 unspecified atom stereocenters. The Morgan fingerprint density at radius 2 is 2.05 bits per heavy atom. The summed E-state index contributed by atoms with van der Waals surface area (Å²) in [4.78, 5) is 6.36. The van der Waals surface area contributed by atoms with Gasteiger partial charge in [0.15, 0.2) is 0 Å². The van der Waals surface area contributed by atoms with Gasteiger partial charge in [-0.05, 0) is 30.7 Å². The van der Waals surface area contributed by atoms with Gasteiger partial charge in [0.1, 0.15) is 11.9 Å². The van der Waals surface area contributed by atoms with Crippen LogP contribution in [-0.4, -0.2) is 11.5 Å². The first-order valence-corrected chi connectivity index (χ1v) is 6.19. The molecule has 1 aromatic heterocycles. The summed E-state index contributed by atoms with van der Waals surface area (Å²) >= 11 is 0. The van der Waals surface area contributed by atoms with Gasteiger partial charge in [0, 0.05) is 25.0 Å². The normalized spacial score (nSPS) is 9.89. The molecule has 2 aromatic rings. The number of anilines is 2. The molecule has 0 atom stereocenters. The highest BCUT2D eigenvalue weighted by Gasteiger charge is 2.12. The Balaban J connectivity index is 2.31. The van der Waals surface area contributed by atoms with Crippen molar-refractivity contribution in [2.75, 3.05) is 17.2 Å². The zero-order valence-corrected chi connectivity index (χ0v) is 10.9. The molecule has 0 aliphatic carbocycles. The van der Waals surface area contributed by atoms with Gasteiger partial charge in [0.25, 0.3) is 0 Å². The third kappa shape index (κ3) is 2.83. The van der Waals surface area contributed by atoms with E-state index in [4.69, 9.17) is 11.0 Å². The average molecular weight is 252 g/mol. The van der Waals surface area contributed by atoms with Gasteiger partial charge in [0.2, 0.25) is 0 Å². The molecule has 0 bridgehead atoms. The molecule has 0 saturated carbocycles. The minimum Gasteiger partial charge on any atom is -0.398 e. The maximum Gasteiger partial charge on any atom is 0.146 e. The minimum absolute atomic E-state index is 0.582. The lowest BCUT2D eigenvalue weighted by Gasteiger charge is -2.23. The largest absolute Gasteiger partial charge is 0.398 e. The highest BCUT2D eigenvalue weighted by Crippen LogP contribution is 2.20. The molecule has 0 radical (unpaired) electrons. The van der Waals surface area contributed by atoms with E-state index in [1.165, 1.54) is 0 Å². The average Bonchev–Trinajstić information content (AvgIpc) is 2.46. The van der Waals surface area contributed by atoms with Crippen molar-refractivity contribution >= 4 is 11.5 Å². The molecule has 96 valence electrons. The Morgan fingerprint density at radius 1 is 1.26 bits per heavy atom. The predicted octanol–water partition coefficient (Wildman–Crippen LogP) is 2.56. The van der Waals surface area contributed by atoms with Gasteiger partial charge < -0.3 is 10.6 Å². The zero-order valence-electron chi connectivity index (χ0n) is 10.9. The number of rotatable bonds is 4. The molecule has 0 fully saturated rings. The number of nitrogens with two attached hydrogens (primary N) is 1. The van der Waals surface area contributed by atoms with Crippen molar-refractivity contribution < 1.29 is 0 Å². The van der Waals surface area contributed by atoms with Crippen molar-refractivity contribution in [3.63, 3.8) is 0 Å². The third-order valence-electron chi connectivity index (χ3n) is 3.00. The second-order valence-corrected chi connectivity index (χ2v) is 4.20. The molecule has 0 amide bonds. The monoisotopic (exact) mass is 252 g/mol. The van der Waals surface area contributed by atoms with Gasteiger partial charge in [0.05, 0.1) is 5.56 Å². The molecular formula is C15H16N4. The van der Waals surface area contributed by atoms with Crippen molar-refractivity contribution in [3.8, 4) is 6.07 Å². The fraction of sp³-hybridized carbons (Fsp3) is 0.200. The van der Waals surface area contributed by atoms with Gasteiger partial charge in [-0.1, -0.05) is 18.2 Å². The Bertz CT molecular complexity index is 601. The van der Waals surface area contributed by atoms with Crippen molar-refractivity contribution in [2.45, 2.75) is 13.5 Å². The van der Waals surface area contributed by atoms with Crippen LogP contribution in [0.2, 0.25) is 0 Å². The molecule has 19 heavy (non-hydrogen) atoms. The van der Waals surface area contributed by atoms with Crippen LogP contribution in [0, 0.1) is 11.3 Å². The summed E-state index contributed by atoms with van der Waals surface area (Å²) in [6.07, 6.45) is 1.70. The second-order valence-electron chi connectivity index (χ2n) is 4.20. The SMILES string of the molecule is CCN(Cc1ccccc1N)c1ncccc1C#N. The summed E-state index contributed by atoms with van der Waals surface area (Å²) in [6, 6.07) is 13.5. The minimum atomic E-state index is 0.582. The molecule has 0 spiro atoms. The van der Waals surface area contributed by atoms with E-state index in [2.05, 4.69) is 11.1 Å². The highest BCUT2D eigenvalue weighted by molar-refractivity contribution is 5.55. The molecule has 2 rings (SSSR count). The first-order valence-electron chi connectivity index (χ1n) is 6.19. The number of pyridine rings is 1. The summed E-state index contributed by atoms with van der Waals surface area (Å²) in [5.41, 5.74) is 8.34. The molecule has 0 aliphatic rings. The van der Waals surface area contributed by atoms with Crippen LogP contribution in [0.4, 0.5) is 11.5 Å². The van der Waals surface area contributed by atoms with Crippen LogP contribution in [0.25, 0.3) is 0 Å². The van der Waals surface area contributed by atoms with E-state index >= 15 is 0 Å². The van der Waals surface area contributed by atoms with Gasteiger partial charge >= 0.3 is 0 Å². The summed E-state index contributed by atoms with van der Waals surface area (Å²) < 4.78 is 0. The van der Waals surface area contributed by atoms with Gasteiger partial charge in [-0.2, -0.15) is 5.26 Å². The van der Waals surface area contributed by atoms with Gasteiger partial charge in [-0.3, -0.25) is 0 Å². The Hall–Kier alpha value is -2.54. The summed E-state index contributed by atoms with van der Waals surface area (Å²) in [5, 5.41) is 9.14. The van der Waals surface area contributed by atoms with Crippen LogP contribution in [0.5, 0.6) is 0 Å². The third-order valence-corrected chi connectivity index (χ3v) is 3.00. The van der Waals surface area contributed by atoms with Crippen LogP contribution in [0.3, 0.4) is 0 Å². The van der Waals surface area contributed by atoms with Crippen molar-refractivity contribution in [2.24, 2.45) is 0 Å². The van der Waals surface area contributed by atoms with E-state index in [9.17, 15) is 0 Å². The molecule has 1 aromatic carbocycles. The number of hydrogen-bond donors (Lipinski definition) is 1. The number of nitrogens with zero attached hydrogens (tertiary/aromatic N) is 3. The second kappa shape index (κ2) is 5.87. The number of hydrogen-bond acceptors (Lipinski definition) is 4. The smallest absolute Gasteiger partial charge is 0.146 e. The van der Waals surface area contributed by atoms with Crippen LogP contribution >= 0.6 is 0 Å². The maximum atomic E-state index is 9.14. The lowest BCUT2D eigenvalue weighted by atomic mass is 10.1. The van der Waals surface area contributed by atoms with E-state index < -0.39 is 0 Å². The Labute approximate surface area is 113 Å². The molecular weight excluding hydrogens is 236 g/mol. The maximum absolute atomic E-state index is 9.14. The van der Waals surface area contributed by atoms with E-state index in [1.807, 2.05) is 36.1 Å². The van der Waals surface area contributed by atoms with Gasteiger partial charge in [-0.15, -0.1) is 0 Å². The number of benzene rings is 1. The first kappa shape index (κ1) is 12.9. The zero-order chi connectivity index (χ0) is 13.7. The number of aromatic nitrogens is 1. The van der Waals surface area contributed by atoms with E-state index in [0.29, 0.717) is 17.9 Å². The molecule has 4 nitrogen and oxygen atoms in total. The van der Waals surface area contributed by atoms with Crippen LogP contribution in [0.15, 0.2) is 42.6 Å². The van der Waals surface area contributed by atoms with E-state index in [0.717, 1.165) is 17.8 Å². The van der Waals surface area contributed by atoms with Crippen LogP contribution in [-0.2, 0) is 6.54 Å². The standard InChI is InChI=1S/C15H16N4/c1-2-19(11-13-6-3-4-8-14(13)17)15-12(10-16)7-5-9-18-15/h3-9H,2,11,17H2,1H3. The summed E-state index contributed by atoms with van der Waals surface area (Å²) in [6.45, 7) is 3.45. The predicted molar refractivity (Wildman–Crippen MR) is 76.5 cm³/mol. The molecule has 2 N–H and O–H groups in total. The first-order chi connectivity index (χ1) is 9.26. The quantitative estimate of drug-likeness (QED) is 0.849. The molecule has 0 aliphatic heterocycles. The topological polar surface area (TPSA) is 65.9 Å². The lowest BCUT2D eigenvalue weighted by Crippen LogP contribution is -2.24. The van der Waals surface area contributed by atoms with E-state index in [-0.39, 0.29) is 0 Å². The number of nitriles is 1. The fourth-order valence-electron chi connectivity index (χ4n) is 1.96. The summed E-state index contributed by atoms with van der Waals surface area (Å²) in [5.74, 6) is 0.704. The van der Waals surface area contributed by atoms with Crippen LogP contribution in [0.1, 0.15) is 18.1 Å². The highest BCUT2D eigenvalue weighted by atomic mass is 15.2. The van der Waals surface area contributed by atoms with Crippen molar-refractivity contribution in [1.82, 2.24) is 4.98 Å². The van der Waals surface area contributed by atoms with E-state index in [1.54, 1.807) is 18.3 Å². The number of nitrogen functional groups attached to an aromatic ring is 1. The fourth-order valence-corrected chi connectivity index (χ4v) is 1.96. The molecule has 0 saturated heterocycles. The van der Waals surface area contributed by atoms with Crippen LogP contribution < -0.4 is 10.6 Å². The Kier molecular flexibility index (Phi) is 3.99. The number of para-hydroxylation sites is 1. The van der Waals surface area contributed by atoms with Crippen molar-refractivity contribution in [1.29, 1.82) is 5.26 Å².